The van der Waals surface area contributed by atoms with E-state index in [1.807, 2.05) is 0 Å². The SMILES string of the molecule is COc1ccc(CNC(=O)c2ccc3c(c2)C(=O)C(Cc2ccc(F)c(F)c2)S(=O)N3C)cn1. The van der Waals surface area contributed by atoms with Gasteiger partial charge in [-0.05, 0) is 47.9 Å². The highest BCUT2D eigenvalue weighted by Gasteiger charge is 2.37. The third-order valence-electron chi connectivity index (χ3n) is 5.53. The number of fused-ring (bicyclic) bond motifs is 1. The fourth-order valence-corrected chi connectivity index (χ4v) is 5.05. The maximum absolute atomic E-state index is 13.6. The molecule has 1 aliphatic heterocycles. The van der Waals surface area contributed by atoms with Gasteiger partial charge in [-0.25, -0.2) is 18.0 Å². The number of benzene rings is 2. The van der Waals surface area contributed by atoms with Gasteiger partial charge in [0.25, 0.3) is 5.91 Å². The van der Waals surface area contributed by atoms with Crippen LogP contribution >= 0.6 is 0 Å². The van der Waals surface area contributed by atoms with Crippen LogP contribution in [0.15, 0.2) is 54.7 Å². The molecule has 3 aromatic rings. The first-order valence-electron chi connectivity index (χ1n) is 10.3. The molecule has 2 heterocycles. The first kappa shape index (κ1) is 23.5. The number of pyridine rings is 1. The molecule has 1 N–H and O–H groups in total. The van der Waals surface area contributed by atoms with E-state index in [1.165, 1.54) is 23.5 Å². The van der Waals surface area contributed by atoms with Crippen LogP contribution in [-0.4, -0.2) is 40.3 Å². The van der Waals surface area contributed by atoms with E-state index in [0.29, 0.717) is 17.1 Å². The van der Waals surface area contributed by atoms with E-state index in [-0.39, 0.29) is 24.1 Å². The molecule has 2 unspecified atom stereocenters. The first-order chi connectivity index (χ1) is 16.3. The van der Waals surface area contributed by atoms with Gasteiger partial charge in [0.05, 0.1) is 12.8 Å². The number of ether oxygens (including phenoxy) is 1. The Morgan fingerprint density at radius 2 is 1.88 bits per heavy atom. The summed E-state index contributed by atoms with van der Waals surface area (Å²) in [6.07, 6.45) is 1.55. The van der Waals surface area contributed by atoms with Crippen LogP contribution in [0.25, 0.3) is 0 Å². The number of Topliss-reactive ketones (excluding diaryl/α,β-unsaturated/α-hetero) is 1. The normalized spacial score (nSPS) is 17.3. The number of rotatable bonds is 6. The lowest BCUT2D eigenvalue weighted by atomic mass is 9.98. The Labute approximate surface area is 197 Å². The molecule has 1 aliphatic rings. The summed E-state index contributed by atoms with van der Waals surface area (Å²) in [4.78, 5) is 30.0. The molecule has 34 heavy (non-hydrogen) atoms. The van der Waals surface area contributed by atoms with Crippen LogP contribution < -0.4 is 14.4 Å². The van der Waals surface area contributed by atoms with Crippen LogP contribution in [0.4, 0.5) is 14.5 Å². The molecule has 2 aromatic carbocycles. The minimum absolute atomic E-state index is 0.0344. The molecule has 4 rings (SSSR count). The van der Waals surface area contributed by atoms with Gasteiger partial charge in [-0.3, -0.25) is 13.9 Å². The lowest BCUT2D eigenvalue weighted by Gasteiger charge is -2.31. The van der Waals surface area contributed by atoms with E-state index in [9.17, 15) is 22.6 Å². The molecule has 1 amide bonds. The van der Waals surface area contributed by atoms with Gasteiger partial charge < -0.3 is 10.1 Å². The Hall–Kier alpha value is -3.66. The summed E-state index contributed by atoms with van der Waals surface area (Å²) in [5.41, 5.74) is 2.06. The standard InChI is InChI=1S/C24H21F2N3O4S/c1-29-20-7-5-16(24(31)28-13-15-4-8-22(33-2)27-12-15)11-17(20)23(30)21(34(29)32)10-14-3-6-18(25)19(26)9-14/h3-9,11-12,21H,10,13H2,1-2H3,(H,28,31). The highest BCUT2D eigenvalue weighted by Crippen LogP contribution is 2.32. The topological polar surface area (TPSA) is 88.6 Å². The highest BCUT2D eigenvalue weighted by atomic mass is 32.2. The van der Waals surface area contributed by atoms with Gasteiger partial charge in [0.2, 0.25) is 5.88 Å². The lowest BCUT2D eigenvalue weighted by molar-refractivity contribution is 0.0951. The summed E-state index contributed by atoms with van der Waals surface area (Å²) < 4.78 is 46.3. The van der Waals surface area contributed by atoms with Crippen LogP contribution in [0.1, 0.15) is 31.8 Å². The third kappa shape index (κ3) is 4.67. The molecule has 0 spiro atoms. The van der Waals surface area contributed by atoms with E-state index >= 15 is 0 Å². The summed E-state index contributed by atoms with van der Waals surface area (Å²) in [7, 11) is 1.36. The number of hydrogen-bond acceptors (Lipinski definition) is 5. The number of carbonyl (C=O) groups is 2. The van der Waals surface area contributed by atoms with E-state index in [1.54, 1.807) is 37.5 Å². The van der Waals surface area contributed by atoms with E-state index in [0.717, 1.165) is 17.7 Å². The van der Waals surface area contributed by atoms with Crippen molar-refractivity contribution in [2.75, 3.05) is 18.5 Å². The number of methoxy groups -OCH3 is 1. The van der Waals surface area contributed by atoms with Crippen molar-refractivity contribution in [3.05, 3.63) is 88.6 Å². The predicted octanol–water partition coefficient (Wildman–Crippen LogP) is 3.21. The highest BCUT2D eigenvalue weighted by molar-refractivity contribution is 7.88. The maximum atomic E-state index is 13.6. The number of anilines is 1. The van der Waals surface area contributed by atoms with Crippen molar-refractivity contribution in [1.82, 2.24) is 10.3 Å². The minimum Gasteiger partial charge on any atom is -0.481 e. The van der Waals surface area contributed by atoms with Gasteiger partial charge in [0.15, 0.2) is 17.4 Å². The molecule has 1 aromatic heterocycles. The van der Waals surface area contributed by atoms with Crippen LogP contribution in [-0.2, 0) is 24.0 Å². The Morgan fingerprint density at radius 1 is 1.12 bits per heavy atom. The second-order valence-electron chi connectivity index (χ2n) is 7.70. The van der Waals surface area contributed by atoms with Gasteiger partial charge in [-0.2, -0.15) is 0 Å². The first-order valence-corrected chi connectivity index (χ1v) is 11.5. The number of amides is 1. The molecule has 7 nitrogen and oxygen atoms in total. The fraction of sp³-hybridized carbons (Fsp3) is 0.208. The Balaban J connectivity index is 1.53. The zero-order chi connectivity index (χ0) is 24.4. The van der Waals surface area contributed by atoms with Crippen LogP contribution in [0.3, 0.4) is 0 Å². The van der Waals surface area contributed by atoms with E-state index < -0.39 is 39.6 Å². The molecule has 2 atom stereocenters. The Kier molecular flexibility index (Phi) is 6.69. The number of hydrogen-bond donors (Lipinski definition) is 1. The van der Waals surface area contributed by atoms with Crippen LogP contribution in [0, 0.1) is 11.6 Å². The van der Waals surface area contributed by atoms with Gasteiger partial charge in [-0.15, -0.1) is 0 Å². The van der Waals surface area contributed by atoms with Crippen molar-refractivity contribution in [1.29, 1.82) is 0 Å². The molecular weight excluding hydrogens is 464 g/mol. The van der Waals surface area contributed by atoms with Gasteiger partial charge in [0, 0.05) is 37.0 Å². The second kappa shape index (κ2) is 9.68. The summed E-state index contributed by atoms with van der Waals surface area (Å²) in [5, 5.41) is 1.78. The Bertz CT molecular complexity index is 1280. The van der Waals surface area contributed by atoms with Crippen molar-refractivity contribution in [3.63, 3.8) is 0 Å². The average molecular weight is 486 g/mol. The number of nitrogens with zero attached hydrogens (tertiary/aromatic N) is 2. The number of nitrogens with one attached hydrogen (secondary N) is 1. The van der Waals surface area contributed by atoms with E-state index in [2.05, 4.69) is 10.3 Å². The molecule has 10 heteroatoms. The smallest absolute Gasteiger partial charge is 0.251 e. The number of halogens is 2. The summed E-state index contributed by atoms with van der Waals surface area (Å²) in [5.74, 6) is -2.39. The second-order valence-corrected chi connectivity index (χ2v) is 9.37. The fourth-order valence-electron chi connectivity index (χ4n) is 3.67. The number of aromatic nitrogens is 1. The molecule has 0 radical (unpaired) electrons. The van der Waals surface area contributed by atoms with Gasteiger partial charge in [-0.1, -0.05) is 12.1 Å². The molecule has 176 valence electrons. The number of carbonyl (C=O) groups excluding carboxylic acids is 2. The predicted molar refractivity (Wildman–Crippen MR) is 123 cm³/mol. The van der Waals surface area contributed by atoms with Gasteiger partial charge in [0.1, 0.15) is 16.2 Å². The molecule has 0 bridgehead atoms. The molecular formula is C24H21F2N3O4S. The Morgan fingerprint density at radius 3 is 2.56 bits per heavy atom. The monoisotopic (exact) mass is 485 g/mol. The molecule has 0 saturated carbocycles. The molecule has 0 fully saturated rings. The average Bonchev–Trinajstić information content (AvgIpc) is 2.85. The van der Waals surface area contributed by atoms with Crippen molar-refractivity contribution in [3.8, 4) is 5.88 Å². The van der Waals surface area contributed by atoms with Crippen LogP contribution in [0.2, 0.25) is 0 Å². The zero-order valence-electron chi connectivity index (χ0n) is 18.4. The quantitative estimate of drug-likeness (QED) is 0.579. The van der Waals surface area contributed by atoms with Crippen molar-refractivity contribution >= 4 is 28.4 Å². The molecule has 0 saturated heterocycles. The lowest BCUT2D eigenvalue weighted by Crippen LogP contribution is -2.42. The maximum Gasteiger partial charge on any atom is 0.251 e. The number of ketones is 1. The minimum atomic E-state index is -1.73. The van der Waals surface area contributed by atoms with Crippen molar-refractivity contribution < 1.29 is 27.3 Å². The van der Waals surface area contributed by atoms with Gasteiger partial charge >= 0.3 is 0 Å². The van der Waals surface area contributed by atoms with Crippen molar-refractivity contribution in [2.24, 2.45) is 0 Å². The summed E-state index contributed by atoms with van der Waals surface area (Å²) >= 11 is 0. The summed E-state index contributed by atoms with van der Waals surface area (Å²) in [6, 6.07) is 11.4. The molecule has 0 aliphatic carbocycles. The van der Waals surface area contributed by atoms with Crippen LogP contribution in [0.5, 0.6) is 5.88 Å². The summed E-state index contributed by atoms with van der Waals surface area (Å²) in [6.45, 7) is 0.226. The largest absolute Gasteiger partial charge is 0.481 e. The van der Waals surface area contributed by atoms with Crippen molar-refractivity contribution in [2.45, 2.75) is 18.2 Å². The zero-order valence-corrected chi connectivity index (χ0v) is 19.2. The third-order valence-corrected chi connectivity index (χ3v) is 7.14. The van der Waals surface area contributed by atoms with E-state index in [4.69, 9.17) is 4.74 Å².